The lowest BCUT2D eigenvalue weighted by molar-refractivity contribution is 0.258. The number of hydrogen-bond donors (Lipinski definition) is 1. The van der Waals surface area contributed by atoms with E-state index in [0.717, 1.165) is 26.5 Å². The number of pyridine rings is 1. The Morgan fingerprint density at radius 2 is 2.38 bits per heavy atom. The fourth-order valence-corrected chi connectivity index (χ4v) is 3.30. The number of urea groups is 1. The van der Waals surface area contributed by atoms with E-state index in [1.165, 1.54) is 0 Å². The number of aromatic nitrogens is 1. The summed E-state index contributed by atoms with van der Waals surface area (Å²) in [6, 6.07) is 1.62. The van der Waals surface area contributed by atoms with Crippen LogP contribution in [0.15, 0.2) is 41.8 Å². The molecule has 2 aromatic heterocycles. The summed E-state index contributed by atoms with van der Waals surface area (Å²) >= 11 is 1.57. The van der Waals surface area contributed by atoms with Gasteiger partial charge in [0, 0.05) is 17.3 Å². The van der Waals surface area contributed by atoms with Crippen molar-refractivity contribution in [3.05, 3.63) is 41.7 Å². The molecule has 2 amide bonds. The van der Waals surface area contributed by atoms with Crippen molar-refractivity contribution >= 4 is 45.2 Å². The minimum Gasteiger partial charge on any atom is -0.305 e. The molecule has 0 aromatic carbocycles. The molecule has 0 bridgehead atoms. The van der Waals surface area contributed by atoms with Gasteiger partial charge in [-0.3, -0.25) is 9.89 Å². The van der Waals surface area contributed by atoms with Crippen molar-refractivity contribution < 1.29 is 4.79 Å². The number of carbonyl (C=O) groups excluding carboxylic acids is 1. The van der Waals surface area contributed by atoms with Crippen molar-refractivity contribution in [3.8, 4) is 0 Å². The van der Waals surface area contributed by atoms with Crippen LogP contribution in [0.2, 0.25) is 0 Å². The van der Waals surface area contributed by atoms with Gasteiger partial charge in [0.25, 0.3) is 0 Å². The average molecular weight is 298 g/mol. The molecule has 0 saturated carbocycles. The number of aryl methyl sites for hydroxylation is 1. The largest absolute Gasteiger partial charge is 0.331 e. The Bertz CT molecular complexity index is 803. The number of nitrogens with zero attached hydrogens (tertiary/aromatic N) is 3. The first-order valence-electron chi connectivity index (χ1n) is 6.47. The molecule has 6 heteroatoms. The van der Waals surface area contributed by atoms with Gasteiger partial charge in [-0.15, -0.1) is 11.3 Å². The van der Waals surface area contributed by atoms with Gasteiger partial charge < -0.3 is 5.32 Å². The molecule has 0 aliphatic carbocycles. The standard InChI is InChI=1S/C15H14N4OS/c1-4-10(8-16-5-2)19-11-6-7-17-14-12(11)13(9(3)21-14)18-15(19)20/h4-8H,1H2,2-3H3,(H,18,20)/b10-8+,16-5?. The van der Waals surface area contributed by atoms with Crippen LogP contribution in [0.5, 0.6) is 0 Å². The van der Waals surface area contributed by atoms with Crippen molar-refractivity contribution in [1.29, 1.82) is 0 Å². The maximum Gasteiger partial charge on any atom is 0.331 e. The zero-order valence-corrected chi connectivity index (χ0v) is 12.6. The Labute approximate surface area is 126 Å². The number of aliphatic imine (C=N–C) groups is 1. The van der Waals surface area contributed by atoms with E-state index >= 15 is 0 Å². The number of allylic oxidation sites excluding steroid dienone is 1. The lowest BCUT2D eigenvalue weighted by Gasteiger charge is -2.28. The molecular formula is C15H14N4OS. The second-order valence-corrected chi connectivity index (χ2v) is 5.68. The molecule has 0 atom stereocenters. The van der Waals surface area contributed by atoms with Crippen molar-refractivity contribution in [2.24, 2.45) is 4.99 Å². The Kier molecular flexibility index (Phi) is 3.31. The van der Waals surface area contributed by atoms with E-state index < -0.39 is 0 Å². The monoisotopic (exact) mass is 298 g/mol. The normalized spacial score (nSPS) is 14.9. The van der Waals surface area contributed by atoms with Crippen molar-refractivity contribution in [1.82, 2.24) is 4.98 Å². The molecule has 21 heavy (non-hydrogen) atoms. The van der Waals surface area contributed by atoms with Crippen molar-refractivity contribution in [2.75, 3.05) is 10.2 Å². The minimum absolute atomic E-state index is 0.214. The maximum atomic E-state index is 12.5. The zero-order chi connectivity index (χ0) is 15.0. The van der Waals surface area contributed by atoms with E-state index in [0.29, 0.717) is 5.70 Å². The van der Waals surface area contributed by atoms with E-state index in [-0.39, 0.29) is 6.03 Å². The van der Waals surface area contributed by atoms with Crippen LogP contribution in [-0.2, 0) is 0 Å². The number of anilines is 2. The summed E-state index contributed by atoms with van der Waals surface area (Å²) in [6.07, 6.45) is 6.60. The molecular weight excluding hydrogens is 284 g/mol. The molecule has 0 radical (unpaired) electrons. The van der Waals surface area contributed by atoms with Gasteiger partial charge in [0.2, 0.25) is 0 Å². The van der Waals surface area contributed by atoms with Crippen LogP contribution < -0.4 is 10.2 Å². The van der Waals surface area contributed by atoms with Crippen molar-refractivity contribution in [3.63, 3.8) is 0 Å². The van der Waals surface area contributed by atoms with Crippen LogP contribution >= 0.6 is 11.3 Å². The van der Waals surface area contributed by atoms with Crippen LogP contribution in [0, 0.1) is 6.92 Å². The van der Waals surface area contributed by atoms with Crippen molar-refractivity contribution in [2.45, 2.75) is 13.8 Å². The lowest BCUT2D eigenvalue weighted by atomic mass is 10.1. The van der Waals surface area contributed by atoms with E-state index in [1.807, 2.05) is 19.9 Å². The topological polar surface area (TPSA) is 57.6 Å². The second-order valence-electron chi connectivity index (χ2n) is 4.47. The first-order chi connectivity index (χ1) is 10.2. The summed E-state index contributed by atoms with van der Waals surface area (Å²) in [5.74, 6) is 0. The second kappa shape index (κ2) is 5.14. The van der Waals surface area contributed by atoms with Gasteiger partial charge in [0.1, 0.15) is 4.83 Å². The van der Waals surface area contributed by atoms with Gasteiger partial charge in [-0.25, -0.2) is 9.78 Å². The number of nitrogens with one attached hydrogen (secondary N) is 1. The summed E-state index contributed by atoms with van der Waals surface area (Å²) < 4.78 is 0. The van der Waals surface area contributed by atoms with Crippen LogP contribution in [0.3, 0.4) is 0 Å². The summed E-state index contributed by atoms with van der Waals surface area (Å²) in [4.78, 5) is 24.5. The van der Waals surface area contributed by atoms with Crippen LogP contribution in [-0.4, -0.2) is 17.2 Å². The lowest BCUT2D eigenvalue weighted by Crippen LogP contribution is -2.36. The third-order valence-corrected chi connectivity index (χ3v) is 4.26. The Morgan fingerprint density at radius 3 is 3.10 bits per heavy atom. The fraction of sp³-hybridized carbons (Fsp3) is 0.133. The molecule has 0 spiro atoms. The number of thiophene rings is 1. The highest BCUT2D eigenvalue weighted by atomic mass is 32.1. The molecule has 0 saturated heterocycles. The van der Waals surface area contributed by atoms with Gasteiger partial charge in [-0.05, 0) is 26.0 Å². The molecule has 3 heterocycles. The van der Waals surface area contributed by atoms with Gasteiger partial charge in [0.15, 0.2) is 0 Å². The predicted octanol–water partition coefficient (Wildman–Crippen LogP) is 4.07. The number of hydrogen-bond acceptors (Lipinski definition) is 4. The summed E-state index contributed by atoms with van der Waals surface area (Å²) in [7, 11) is 0. The number of amides is 2. The van der Waals surface area contributed by atoms with E-state index in [4.69, 9.17) is 0 Å². The van der Waals surface area contributed by atoms with Gasteiger partial charge in [-0.2, -0.15) is 0 Å². The fourth-order valence-electron chi connectivity index (χ4n) is 2.34. The Hall–Kier alpha value is -2.47. The van der Waals surface area contributed by atoms with Crippen LogP contribution in [0.25, 0.3) is 10.2 Å². The minimum atomic E-state index is -0.214. The number of rotatable bonds is 3. The SMILES string of the molecule is C=C/C(=C\N=CC)N1C(=O)Nc2c(C)sc3nccc1c23. The highest BCUT2D eigenvalue weighted by Gasteiger charge is 2.30. The molecule has 106 valence electrons. The van der Waals surface area contributed by atoms with E-state index in [1.54, 1.807) is 40.9 Å². The smallest absolute Gasteiger partial charge is 0.305 e. The summed E-state index contributed by atoms with van der Waals surface area (Å²) in [6.45, 7) is 7.57. The van der Waals surface area contributed by atoms with E-state index in [2.05, 4.69) is 21.9 Å². The first kappa shape index (κ1) is 13.5. The zero-order valence-electron chi connectivity index (χ0n) is 11.8. The van der Waals surface area contributed by atoms with Gasteiger partial charge >= 0.3 is 6.03 Å². The number of carbonyl (C=O) groups is 1. The van der Waals surface area contributed by atoms with Gasteiger partial charge in [0.05, 0.1) is 28.7 Å². The molecule has 0 unspecified atom stereocenters. The molecule has 1 N–H and O–H groups in total. The maximum absolute atomic E-state index is 12.5. The Morgan fingerprint density at radius 1 is 1.57 bits per heavy atom. The molecule has 3 rings (SSSR count). The average Bonchev–Trinajstić information content (AvgIpc) is 2.79. The Balaban J connectivity index is 2.26. The third-order valence-electron chi connectivity index (χ3n) is 3.25. The van der Waals surface area contributed by atoms with Gasteiger partial charge in [-0.1, -0.05) is 6.58 Å². The van der Waals surface area contributed by atoms with Crippen LogP contribution in [0.4, 0.5) is 16.2 Å². The summed E-state index contributed by atoms with van der Waals surface area (Å²) in [5.41, 5.74) is 2.27. The molecule has 5 nitrogen and oxygen atoms in total. The highest BCUT2D eigenvalue weighted by Crippen LogP contribution is 2.43. The third kappa shape index (κ3) is 2.04. The molecule has 2 aromatic rings. The highest BCUT2D eigenvalue weighted by molar-refractivity contribution is 7.19. The molecule has 1 aliphatic heterocycles. The van der Waals surface area contributed by atoms with E-state index in [9.17, 15) is 4.79 Å². The van der Waals surface area contributed by atoms with Crippen LogP contribution in [0.1, 0.15) is 11.8 Å². The predicted molar refractivity (Wildman–Crippen MR) is 88.3 cm³/mol. The molecule has 0 fully saturated rings. The quantitative estimate of drug-likeness (QED) is 0.686. The summed E-state index contributed by atoms with van der Waals surface area (Å²) in [5, 5.41) is 3.90. The first-order valence-corrected chi connectivity index (χ1v) is 7.28. The molecule has 1 aliphatic rings.